The maximum atomic E-state index is 14.0. The van der Waals surface area contributed by atoms with E-state index in [1.165, 1.54) is 28.5 Å². The molecule has 0 N–H and O–H groups in total. The molecule has 0 saturated heterocycles. The Kier molecular flexibility index (Phi) is 4.49. The topological polar surface area (TPSA) is 53.4 Å². The Morgan fingerprint density at radius 1 is 1.17 bits per heavy atom. The third-order valence-corrected chi connectivity index (χ3v) is 6.09. The lowest BCUT2D eigenvalue weighted by Crippen LogP contribution is -2.20. The number of benzene rings is 3. The first-order valence-corrected chi connectivity index (χ1v) is 10.1. The van der Waals surface area contributed by atoms with Crippen LogP contribution in [0.2, 0.25) is 0 Å². The smallest absolute Gasteiger partial charge is 0.261 e. The molecule has 0 fully saturated rings. The number of thioether (sulfide) groups is 1. The number of hydrogen-bond acceptors (Lipinski definition) is 5. The third-order valence-electron chi connectivity index (χ3n) is 5.01. The second kappa shape index (κ2) is 7.17. The van der Waals surface area contributed by atoms with Crippen molar-refractivity contribution in [1.29, 1.82) is 0 Å². The molecule has 0 bridgehead atoms. The van der Waals surface area contributed by atoms with Gasteiger partial charge in [0, 0.05) is 23.9 Å². The van der Waals surface area contributed by atoms with E-state index in [0.29, 0.717) is 39.7 Å². The van der Waals surface area contributed by atoms with Gasteiger partial charge < -0.3 is 9.47 Å². The first kappa shape index (κ1) is 18.1. The SMILES string of the molecule is Cn1c(SCc2cc(F)cc3c2OCOC3)nc2cc3ccccc3cc2c1=O. The summed E-state index contributed by atoms with van der Waals surface area (Å²) in [6.45, 7) is 0.473. The Morgan fingerprint density at radius 2 is 1.97 bits per heavy atom. The molecule has 29 heavy (non-hydrogen) atoms. The van der Waals surface area contributed by atoms with Crippen molar-refractivity contribution in [3.05, 3.63) is 75.8 Å². The molecule has 2 heterocycles. The van der Waals surface area contributed by atoms with Crippen LogP contribution in [0, 0.1) is 5.82 Å². The largest absolute Gasteiger partial charge is 0.467 e. The maximum Gasteiger partial charge on any atom is 0.261 e. The summed E-state index contributed by atoms with van der Waals surface area (Å²) in [5, 5.41) is 3.19. The maximum absolute atomic E-state index is 14.0. The number of aromatic nitrogens is 2. The van der Waals surface area contributed by atoms with Crippen molar-refractivity contribution in [2.45, 2.75) is 17.5 Å². The molecule has 0 atom stereocenters. The fraction of sp³-hybridized carbons (Fsp3) is 0.182. The van der Waals surface area contributed by atoms with E-state index in [1.807, 2.05) is 36.4 Å². The van der Waals surface area contributed by atoms with Gasteiger partial charge >= 0.3 is 0 Å². The number of fused-ring (bicyclic) bond motifs is 3. The number of nitrogens with zero attached hydrogens (tertiary/aromatic N) is 2. The molecule has 0 aliphatic carbocycles. The molecule has 7 heteroatoms. The Bertz CT molecular complexity index is 1320. The Labute approximate surface area is 170 Å². The summed E-state index contributed by atoms with van der Waals surface area (Å²) in [5.41, 5.74) is 1.97. The van der Waals surface area contributed by atoms with Crippen LogP contribution in [0.4, 0.5) is 4.39 Å². The number of halogens is 1. The van der Waals surface area contributed by atoms with E-state index in [0.717, 1.165) is 16.3 Å². The van der Waals surface area contributed by atoms with Crippen molar-refractivity contribution in [2.24, 2.45) is 7.05 Å². The van der Waals surface area contributed by atoms with Gasteiger partial charge in [0.2, 0.25) is 0 Å². The highest BCUT2D eigenvalue weighted by atomic mass is 32.2. The van der Waals surface area contributed by atoms with Crippen LogP contribution in [0.15, 0.2) is 58.5 Å². The molecule has 1 aliphatic heterocycles. The number of hydrogen-bond donors (Lipinski definition) is 0. The van der Waals surface area contributed by atoms with Gasteiger partial charge in [-0.15, -0.1) is 0 Å². The van der Waals surface area contributed by atoms with E-state index >= 15 is 0 Å². The van der Waals surface area contributed by atoms with Gasteiger partial charge in [0.25, 0.3) is 5.56 Å². The first-order chi connectivity index (χ1) is 14.1. The molecular weight excluding hydrogens is 391 g/mol. The average molecular weight is 408 g/mol. The zero-order valence-corrected chi connectivity index (χ0v) is 16.5. The number of rotatable bonds is 3. The molecule has 0 saturated carbocycles. The molecule has 1 aromatic heterocycles. The Hall–Kier alpha value is -2.90. The molecule has 0 spiro atoms. The van der Waals surface area contributed by atoms with Crippen LogP contribution in [-0.4, -0.2) is 16.3 Å². The number of ether oxygens (including phenoxy) is 2. The average Bonchev–Trinajstić information content (AvgIpc) is 2.74. The van der Waals surface area contributed by atoms with E-state index < -0.39 is 0 Å². The lowest BCUT2D eigenvalue weighted by molar-refractivity contribution is -0.0171. The fourth-order valence-electron chi connectivity index (χ4n) is 3.57. The summed E-state index contributed by atoms with van der Waals surface area (Å²) in [4.78, 5) is 17.6. The first-order valence-electron chi connectivity index (χ1n) is 9.14. The Morgan fingerprint density at radius 3 is 2.79 bits per heavy atom. The van der Waals surface area contributed by atoms with Crippen LogP contribution < -0.4 is 10.3 Å². The molecule has 1 aliphatic rings. The molecule has 0 unspecified atom stereocenters. The third kappa shape index (κ3) is 3.26. The summed E-state index contributed by atoms with van der Waals surface area (Å²) < 4.78 is 26.3. The molecule has 5 rings (SSSR count). The van der Waals surface area contributed by atoms with Gasteiger partial charge in [0.1, 0.15) is 11.6 Å². The zero-order chi connectivity index (χ0) is 20.0. The Balaban J connectivity index is 1.54. The van der Waals surface area contributed by atoms with E-state index in [-0.39, 0.29) is 18.2 Å². The molecule has 0 amide bonds. The molecule has 5 nitrogen and oxygen atoms in total. The van der Waals surface area contributed by atoms with Crippen molar-refractivity contribution in [1.82, 2.24) is 9.55 Å². The van der Waals surface area contributed by atoms with Crippen LogP contribution in [0.5, 0.6) is 5.75 Å². The van der Waals surface area contributed by atoms with E-state index in [1.54, 1.807) is 7.05 Å². The van der Waals surface area contributed by atoms with Crippen LogP contribution in [0.25, 0.3) is 21.7 Å². The van der Waals surface area contributed by atoms with Gasteiger partial charge in [-0.05, 0) is 35.0 Å². The highest BCUT2D eigenvalue weighted by molar-refractivity contribution is 7.98. The monoisotopic (exact) mass is 408 g/mol. The highest BCUT2D eigenvalue weighted by Gasteiger charge is 2.18. The van der Waals surface area contributed by atoms with E-state index in [2.05, 4.69) is 0 Å². The normalized spacial score (nSPS) is 13.4. The minimum absolute atomic E-state index is 0.103. The minimum atomic E-state index is -0.333. The highest BCUT2D eigenvalue weighted by Crippen LogP contribution is 2.33. The standard InChI is InChI=1S/C22H17FN2O3S/c1-25-21(26)18-8-13-4-2-3-5-14(13)9-19(18)24-22(25)29-11-16-7-17(23)6-15-10-27-12-28-20(15)16/h2-9H,10-12H2,1H3. The lowest BCUT2D eigenvalue weighted by atomic mass is 10.1. The van der Waals surface area contributed by atoms with Crippen molar-refractivity contribution in [3.8, 4) is 5.75 Å². The van der Waals surface area contributed by atoms with Gasteiger partial charge in [0.05, 0.1) is 17.5 Å². The molecule has 4 aromatic rings. The summed E-state index contributed by atoms with van der Waals surface area (Å²) in [6, 6.07) is 14.6. The van der Waals surface area contributed by atoms with Gasteiger partial charge in [-0.25, -0.2) is 9.37 Å². The van der Waals surface area contributed by atoms with Crippen molar-refractivity contribution in [3.63, 3.8) is 0 Å². The van der Waals surface area contributed by atoms with Crippen LogP contribution in [0.3, 0.4) is 0 Å². The fourth-order valence-corrected chi connectivity index (χ4v) is 4.51. The van der Waals surface area contributed by atoms with E-state index in [9.17, 15) is 9.18 Å². The second-order valence-corrected chi connectivity index (χ2v) is 7.87. The van der Waals surface area contributed by atoms with Crippen LogP contribution >= 0.6 is 11.8 Å². The van der Waals surface area contributed by atoms with Gasteiger partial charge in [-0.2, -0.15) is 0 Å². The van der Waals surface area contributed by atoms with Crippen molar-refractivity contribution < 1.29 is 13.9 Å². The molecular formula is C22H17FN2O3S. The summed E-state index contributed by atoms with van der Waals surface area (Å²) in [5.74, 6) is 0.752. The van der Waals surface area contributed by atoms with Crippen LogP contribution in [0.1, 0.15) is 11.1 Å². The molecule has 0 radical (unpaired) electrons. The summed E-state index contributed by atoms with van der Waals surface area (Å²) in [6.07, 6.45) is 0. The van der Waals surface area contributed by atoms with E-state index in [4.69, 9.17) is 14.5 Å². The summed E-state index contributed by atoms with van der Waals surface area (Å²) >= 11 is 1.38. The van der Waals surface area contributed by atoms with Gasteiger partial charge in [0.15, 0.2) is 11.9 Å². The predicted octanol–water partition coefficient (Wildman–Crippen LogP) is 4.38. The van der Waals surface area contributed by atoms with Crippen LogP contribution in [-0.2, 0) is 24.1 Å². The quantitative estimate of drug-likeness (QED) is 0.286. The minimum Gasteiger partial charge on any atom is -0.467 e. The van der Waals surface area contributed by atoms with Gasteiger partial charge in [-0.1, -0.05) is 36.0 Å². The molecule has 146 valence electrons. The second-order valence-electron chi connectivity index (χ2n) is 6.93. The lowest BCUT2D eigenvalue weighted by Gasteiger charge is -2.20. The molecule has 3 aromatic carbocycles. The predicted molar refractivity (Wildman–Crippen MR) is 111 cm³/mol. The van der Waals surface area contributed by atoms with Crippen molar-refractivity contribution in [2.75, 3.05) is 6.79 Å². The van der Waals surface area contributed by atoms with Gasteiger partial charge in [-0.3, -0.25) is 9.36 Å². The zero-order valence-electron chi connectivity index (χ0n) is 15.6. The van der Waals surface area contributed by atoms with Crippen molar-refractivity contribution >= 4 is 33.4 Å². The summed E-state index contributed by atoms with van der Waals surface area (Å²) in [7, 11) is 1.71.